The minimum absolute atomic E-state index is 0.0807. The van der Waals surface area contributed by atoms with E-state index in [1.807, 2.05) is 11.4 Å². The first-order valence-electron chi connectivity index (χ1n) is 4.48. The van der Waals surface area contributed by atoms with E-state index in [4.69, 9.17) is 4.74 Å². The van der Waals surface area contributed by atoms with E-state index in [1.54, 1.807) is 24.3 Å². The van der Waals surface area contributed by atoms with Crippen LogP contribution in [0.1, 0.15) is 5.56 Å². The van der Waals surface area contributed by atoms with Gasteiger partial charge in [0.25, 0.3) is 0 Å². The van der Waals surface area contributed by atoms with Crippen LogP contribution in [-0.2, 0) is 21.1 Å². The lowest BCUT2D eigenvalue weighted by atomic mass is 10.2. The summed E-state index contributed by atoms with van der Waals surface area (Å²) in [5.74, 6) is -1.18. The number of halogens is 1. The molecule has 1 aromatic rings. The number of nitrogens with one attached hydrogen (secondary N) is 1. The fourth-order valence-corrected chi connectivity index (χ4v) is 0.946. The van der Waals surface area contributed by atoms with E-state index in [0.717, 1.165) is 5.56 Å². The Kier molecular flexibility index (Phi) is 4.78. The van der Waals surface area contributed by atoms with Gasteiger partial charge in [0.1, 0.15) is 13.2 Å². The Balaban J connectivity index is 2.23. The fourth-order valence-electron chi connectivity index (χ4n) is 0.946. The van der Waals surface area contributed by atoms with Gasteiger partial charge in [-0.2, -0.15) is 0 Å². The molecule has 1 N–H and O–H groups in total. The molecule has 5 nitrogen and oxygen atoms in total. The van der Waals surface area contributed by atoms with Gasteiger partial charge in [-0.05, 0) is 5.56 Å². The van der Waals surface area contributed by atoms with Gasteiger partial charge < -0.3 is 10.1 Å². The van der Waals surface area contributed by atoms with E-state index in [9.17, 15) is 14.1 Å². The van der Waals surface area contributed by atoms with Crippen molar-refractivity contribution in [1.82, 2.24) is 5.32 Å². The van der Waals surface area contributed by atoms with Gasteiger partial charge >= 0.3 is 12.1 Å². The number of amides is 1. The van der Waals surface area contributed by atoms with E-state index in [1.165, 1.54) is 0 Å². The summed E-state index contributed by atoms with van der Waals surface area (Å²) in [5.41, 5.74) is 0.811. The molecule has 0 fully saturated rings. The maximum Gasteiger partial charge on any atom is 0.407 e. The third kappa shape index (κ3) is 4.41. The maximum absolute atomic E-state index is 11.2. The molecule has 0 aliphatic carbocycles. The second kappa shape index (κ2) is 6.39. The second-order valence-corrected chi connectivity index (χ2v) is 2.86. The van der Waals surface area contributed by atoms with E-state index in [2.05, 4.69) is 4.94 Å². The highest BCUT2D eigenvalue weighted by molar-refractivity contribution is 5.77. The monoisotopic (exact) mass is 227 g/mol. The molecule has 0 spiro atoms. The summed E-state index contributed by atoms with van der Waals surface area (Å²) in [5, 5.41) is 2.03. The van der Waals surface area contributed by atoms with Crippen LogP contribution >= 0.6 is 0 Å². The van der Waals surface area contributed by atoms with Crippen LogP contribution in [0, 0.1) is 0 Å². The van der Waals surface area contributed by atoms with Crippen LogP contribution < -0.4 is 5.32 Å². The number of alkyl carbamates (subject to hydrolysis) is 1. The summed E-state index contributed by atoms with van der Waals surface area (Å²) in [6.45, 7) is -0.485. The van der Waals surface area contributed by atoms with Gasteiger partial charge in [0, 0.05) is 4.53 Å². The molecule has 6 heteroatoms. The average molecular weight is 227 g/mol. The molecular formula is C10H10FNO4. The lowest BCUT2D eigenvalue weighted by molar-refractivity contribution is -0.182. The molecule has 0 unspecified atom stereocenters. The summed E-state index contributed by atoms with van der Waals surface area (Å²) < 4.78 is 16.0. The standard InChI is InChI=1S/C10H10FNO4/c11-16-9(13)6-12-10(14)15-7-8-4-2-1-3-5-8/h1-5H,6-7H2,(H,12,14). The zero-order valence-electron chi connectivity index (χ0n) is 8.31. The molecule has 1 rings (SSSR count). The Hall–Kier alpha value is -2.11. The van der Waals surface area contributed by atoms with Crippen molar-refractivity contribution in [3.63, 3.8) is 0 Å². The summed E-state index contributed by atoms with van der Waals surface area (Å²) in [6.07, 6.45) is -0.811. The zero-order valence-corrected chi connectivity index (χ0v) is 8.31. The van der Waals surface area contributed by atoms with E-state index in [0.29, 0.717) is 0 Å². The van der Waals surface area contributed by atoms with Crippen molar-refractivity contribution < 1.29 is 23.8 Å². The number of benzene rings is 1. The van der Waals surface area contributed by atoms with Gasteiger partial charge in [0.05, 0.1) is 0 Å². The highest BCUT2D eigenvalue weighted by atomic mass is 19.3. The number of carbonyl (C=O) groups is 2. The van der Waals surface area contributed by atoms with Gasteiger partial charge in [-0.15, -0.1) is 0 Å². The first-order valence-corrected chi connectivity index (χ1v) is 4.48. The van der Waals surface area contributed by atoms with Gasteiger partial charge in [-0.3, -0.25) is 4.94 Å². The summed E-state index contributed by atoms with van der Waals surface area (Å²) >= 11 is 0. The second-order valence-electron chi connectivity index (χ2n) is 2.86. The molecule has 0 aliphatic heterocycles. The number of carbonyl (C=O) groups excluding carboxylic acids is 2. The molecule has 0 aliphatic rings. The molecule has 0 saturated carbocycles. The van der Waals surface area contributed by atoms with E-state index < -0.39 is 18.6 Å². The van der Waals surface area contributed by atoms with Gasteiger partial charge in [-0.25, -0.2) is 9.59 Å². The van der Waals surface area contributed by atoms with Crippen molar-refractivity contribution in [3.8, 4) is 0 Å². The number of rotatable bonds is 4. The van der Waals surface area contributed by atoms with Crippen molar-refractivity contribution in [1.29, 1.82) is 0 Å². The normalized spacial score (nSPS) is 9.31. The van der Waals surface area contributed by atoms with Crippen LogP contribution in [0.4, 0.5) is 9.32 Å². The summed E-state index contributed by atoms with van der Waals surface area (Å²) in [4.78, 5) is 24.2. The van der Waals surface area contributed by atoms with Crippen molar-refractivity contribution in [3.05, 3.63) is 35.9 Å². The molecule has 0 radical (unpaired) electrons. The van der Waals surface area contributed by atoms with Gasteiger partial charge in [0.2, 0.25) is 0 Å². The van der Waals surface area contributed by atoms with E-state index in [-0.39, 0.29) is 6.61 Å². The Morgan fingerprint density at radius 3 is 2.56 bits per heavy atom. The highest BCUT2D eigenvalue weighted by Crippen LogP contribution is 2.00. The Morgan fingerprint density at radius 2 is 1.94 bits per heavy atom. The van der Waals surface area contributed by atoms with Crippen LogP contribution in [-0.4, -0.2) is 18.6 Å². The predicted octanol–water partition coefficient (Wildman–Crippen LogP) is 1.34. The third-order valence-electron chi connectivity index (χ3n) is 1.68. The van der Waals surface area contributed by atoms with Gasteiger partial charge in [-0.1, -0.05) is 30.3 Å². The molecule has 1 aromatic carbocycles. The average Bonchev–Trinajstić information content (AvgIpc) is 2.34. The van der Waals surface area contributed by atoms with Crippen LogP contribution in [0.25, 0.3) is 0 Å². The maximum atomic E-state index is 11.2. The quantitative estimate of drug-likeness (QED) is 0.843. The molecular weight excluding hydrogens is 217 g/mol. The minimum Gasteiger partial charge on any atom is -0.445 e. The summed E-state index contributed by atoms with van der Waals surface area (Å²) in [6, 6.07) is 9.00. The first kappa shape index (κ1) is 12.0. The largest absolute Gasteiger partial charge is 0.445 e. The smallest absolute Gasteiger partial charge is 0.407 e. The molecule has 0 saturated heterocycles. The SMILES string of the molecule is O=C(CNC(=O)OCc1ccccc1)OF. The lowest BCUT2D eigenvalue weighted by Crippen LogP contribution is -2.30. The predicted molar refractivity (Wildman–Crippen MR) is 51.8 cm³/mol. The topological polar surface area (TPSA) is 64.6 Å². The Labute approximate surface area is 91.1 Å². The summed E-state index contributed by atoms with van der Waals surface area (Å²) in [7, 11) is 0. The fraction of sp³-hybridized carbons (Fsp3) is 0.200. The van der Waals surface area contributed by atoms with Crippen molar-refractivity contribution in [2.75, 3.05) is 6.54 Å². The Bertz CT molecular complexity index is 355. The molecule has 0 heterocycles. The molecule has 0 atom stereocenters. The third-order valence-corrected chi connectivity index (χ3v) is 1.68. The molecule has 86 valence electrons. The number of hydrogen-bond donors (Lipinski definition) is 1. The minimum atomic E-state index is -1.18. The van der Waals surface area contributed by atoms with Crippen LogP contribution in [0.15, 0.2) is 30.3 Å². The van der Waals surface area contributed by atoms with Crippen molar-refractivity contribution in [2.24, 2.45) is 0 Å². The molecule has 0 bridgehead atoms. The van der Waals surface area contributed by atoms with Crippen LogP contribution in [0.2, 0.25) is 0 Å². The first-order chi connectivity index (χ1) is 7.72. The molecule has 0 aromatic heterocycles. The lowest BCUT2D eigenvalue weighted by Gasteiger charge is -2.04. The zero-order chi connectivity index (χ0) is 11.8. The van der Waals surface area contributed by atoms with Crippen molar-refractivity contribution in [2.45, 2.75) is 6.61 Å². The Morgan fingerprint density at radius 1 is 1.25 bits per heavy atom. The molecule has 1 amide bonds. The van der Waals surface area contributed by atoms with Crippen LogP contribution in [0.3, 0.4) is 0 Å². The van der Waals surface area contributed by atoms with E-state index >= 15 is 0 Å². The molecule has 16 heavy (non-hydrogen) atoms. The van der Waals surface area contributed by atoms with Gasteiger partial charge in [0.15, 0.2) is 0 Å². The number of ether oxygens (including phenoxy) is 1. The highest BCUT2D eigenvalue weighted by Gasteiger charge is 2.07. The van der Waals surface area contributed by atoms with Crippen molar-refractivity contribution >= 4 is 12.1 Å². The number of hydrogen-bond acceptors (Lipinski definition) is 4. The van der Waals surface area contributed by atoms with Crippen LogP contribution in [0.5, 0.6) is 0 Å².